The molecule has 0 aliphatic heterocycles. The number of hydrogen-bond acceptors (Lipinski definition) is 6. The Morgan fingerprint density at radius 2 is 1.58 bits per heavy atom. The van der Waals surface area contributed by atoms with E-state index in [1.54, 1.807) is 18.0 Å². The molecular formula is C24H29N3O4. The first-order valence-electron chi connectivity index (χ1n) is 10.0. The second-order valence-corrected chi connectivity index (χ2v) is 8.07. The lowest BCUT2D eigenvalue weighted by atomic mass is 10.2. The van der Waals surface area contributed by atoms with E-state index in [0.29, 0.717) is 18.2 Å². The van der Waals surface area contributed by atoms with Crippen molar-refractivity contribution in [3.05, 3.63) is 65.4 Å². The topological polar surface area (TPSA) is 67.1 Å². The standard InChI is InChI=1S/C24H29N3O4/c1-17-22(23(27(5)26-17)30-20-13-11-19(28-6)12-14-20)15-25-29-16-18-7-9-21(10-8-18)31-24(2,3)4/h7-15H,16H2,1-6H3. The third-order valence-corrected chi connectivity index (χ3v) is 4.32. The number of nitrogens with zero attached hydrogens (tertiary/aromatic N) is 3. The van der Waals surface area contributed by atoms with Crippen LogP contribution in [0.25, 0.3) is 0 Å². The van der Waals surface area contributed by atoms with Crippen molar-refractivity contribution in [1.82, 2.24) is 9.78 Å². The van der Waals surface area contributed by atoms with Crippen LogP contribution in [0.4, 0.5) is 0 Å². The van der Waals surface area contributed by atoms with Crippen molar-refractivity contribution in [2.75, 3.05) is 7.11 Å². The summed E-state index contributed by atoms with van der Waals surface area (Å²) in [7, 11) is 3.45. The van der Waals surface area contributed by atoms with Gasteiger partial charge in [-0.1, -0.05) is 17.3 Å². The maximum absolute atomic E-state index is 6.01. The molecule has 0 saturated heterocycles. The van der Waals surface area contributed by atoms with Gasteiger partial charge < -0.3 is 19.0 Å². The maximum Gasteiger partial charge on any atom is 0.226 e. The molecule has 2 aromatic carbocycles. The number of aryl methyl sites for hydroxylation is 2. The molecular weight excluding hydrogens is 394 g/mol. The van der Waals surface area contributed by atoms with Crippen molar-refractivity contribution >= 4 is 6.21 Å². The molecule has 0 radical (unpaired) electrons. The van der Waals surface area contributed by atoms with Crippen molar-refractivity contribution in [1.29, 1.82) is 0 Å². The monoisotopic (exact) mass is 423 g/mol. The van der Waals surface area contributed by atoms with Crippen LogP contribution in [0.1, 0.15) is 37.6 Å². The maximum atomic E-state index is 6.01. The lowest BCUT2D eigenvalue weighted by Gasteiger charge is -2.21. The number of rotatable bonds is 8. The van der Waals surface area contributed by atoms with Gasteiger partial charge in [-0.15, -0.1) is 0 Å². The van der Waals surface area contributed by atoms with E-state index in [1.165, 1.54) is 0 Å². The molecule has 3 rings (SSSR count). The van der Waals surface area contributed by atoms with Crippen LogP contribution in [-0.2, 0) is 18.5 Å². The quantitative estimate of drug-likeness (QED) is 0.365. The smallest absolute Gasteiger partial charge is 0.226 e. The largest absolute Gasteiger partial charge is 0.497 e. The van der Waals surface area contributed by atoms with Crippen molar-refractivity contribution in [2.24, 2.45) is 12.2 Å². The number of hydrogen-bond donors (Lipinski definition) is 0. The van der Waals surface area contributed by atoms with Gasteiger partial charge in [0.1, 0.15) is 29.5 Å². The molecule has 0 fully saturated rings. The molecule has 0 amide bonds. The van der Waals surface area contributed by atoms with Gasteiger partial charge in [0.25, 0.3) is 0 Å². The second-order valence-electron chi connectivity index (χ2n) is 8.07. The first-order valence-corrected chi connectivity index (χ1v) is 10.0. The van der Waals surface area contributed by atoms with Crippen molar-refractivity contribution in [2.45, 2.75) is 39.9 Å². The van der Waals surface area contributed by atoms with Gasteiger partial charge in [0, 0.05) is 7.05 Å². The van der Waals surface area contributed by atoms with Crippen LogP contribution < -0.4 is 14.2 Å². The van der Waals surface area contributed by atoms with E-state index < -0.39 is 0 Å². The van der Waals surface area contributed by atoms with Crippen LogP contribution in [-0.4, -0.2) is 28.7 Å². The summed E-state index contributed by atoms with van der Waals surface area (Å²) in [6.07, 6.45) is 1.62. The van der Waals surface area contributed by atoms with Gasteiger partial charge in [0.15, 0.2) is 0 Å². The average Bonchev–Trinajstić information content (AvgIpc) is 2.98. The van der Waals surface area contributed by atoms with Gasteiger partial charge >= 0.3 is 0 Å². The molecule has 0 N–H and O–H groups in total. The lowest BCUT2D eigenvalue weighted by Crippen LogP contribution is -2.22. The van der Waals surface area contributed by atoms with Crippen LogP contribution in [0.2, 0.25) is 0 Å². The molecule has 1 heterocycles. The van der Waals surface area contributed by atoms with E-state index in [4.69, 9.17) is 19.0 Å². The summed E-state index contributed by atoms with van der Waals surface area (Å²) in [4.78, 5) is 5.48. The minimum absolute atomic E-state index is 0.227. The van der Waals surface area contributed by atoms with E-state index in [2.05, 4.69) is 10.3 Å². The van der Waals surface area contributed by atoms with E-state index in [9.17, 15) is 0 Å². The number of aromatic nitrogens is 2. The first-order chi connectivity index (χ1) is 14.7. The van der Waals surface area contributed by atoms with E-state index in [1.807, 2.05) is 83.3 Å². The Hall–Kier alpha value is -3.48. The summed E-state index contributed by atoms with van der Waals surface area (Å²) in [6.45, 7) is 8.31. The predicted octanol–water partition coefficient (Wildman–Crippen LogP) is 5.26. The lowest BCUT2D eigenvalue weighted by molar-refractivity contribution is 0.128. The van der Waals surface area contributed by atoms with Gasteiger partial charge in [0.2, 0.25) is 5.88 Å². The number of benzene rings is 2. The molecule has 3 aromatic rings. The van der Waals surface area contributed by atoms with Crippen molar-refractivity contribution < 1.29 is 19.0 Å². The van der Waals surface area contributed by atoms with Crippen LogP contribution in [0.15, 0.2) is 53.7 Å². The summed E-state index contributed by atoms with van der Waals surface area (Å²) >= 11 is 0. The Kier molecular flexibility index (Phi) is 6.84. The fraction of sp³-hybridized carbons (Fsp3) is 0.333. The third kappa shape index (κ3) is 6.25. The zero-order valence-corrected chi connectivity index (χ0v) is 18.9. The molecule has 0 aliphatic rings. The van der Waals surface area contributed by atoms with Gasteiger partial charge in [-0.25, -0.2) is 4.68 Å². The number of ether oxygens (including phenoxy) is 3. The number of methoxy groups -OCH3 is 1. The molecule has 0 atom stereocenters. The molecule has 1 aromatic heterocycles. The Balaban J connectivity index is 1.63. The molecule has 0 unspecified atom stereocenters. The highest BCUT2D eigenvalue weighted by molar-refractivity contribution is 5.84. The van der Waals surface area contributed by atoms with Gasteiger partial charge in [-0.2, -0.15) is 5.10 Å². The molecule has 0 saturated carbocycles. The minimum atomic E-state index is -0.227. The molecule has 164 valence electrons. The highest BCUT2D eigenvalue weighted by atomic mass is 16.6. The summed E-state index contributed by atoms with van der Waals surface area (Å²) in [5.74, 6) is 2.85. The zero-order chi connectivity index (χ0) is 22.4. The van der Waals surface area contributed by atoms with Crippen molar-refractivity contribution in [3.8, 4) is 23.1 Å². The molecule has 7 heteroatoms. The summed E-state index contributed by atoms with van der Waals surface area (Å²) in [5.41, 5.74) is 2.32. The summed E-state index contributed by atoms with van der Waals surface area (Å²) < 4.78 is 18.7. The molecule has 31 heavy (non-hydrogen) atoms. The SMILES string of the molecule is COc1ccc(Oc2c(C=NOCc3ccc(OC(C)(C)C)cc3)c(C)nn2C)cc1. The summed E-state index contributed by atoms with van der Waals surface area (Å²) in [5, 5.41) is 8.54. The Labute approximate surface area is 183 Å². The van der Waals surface area contributed by atoms with E-state index in [0.717, 1.165) is 28.3 Å². The van der Waals surface area contributed by atoms with Crippen molar-refractivity contribution in [3.63, 3.8) is 0 Å². The van der Waals surface area contributed by atoms with Crippen LogP contribution in [0, 0.1) is 6.92 Å². The zero-order valence-electron chi connectivity index (χ0n) is 18.9. The minimum Gasteiger partial charge on any atom is -0.497 e. The fourth-order valence-electron chi connectivity index (χ4n) is 2.89. The van der Waals surface area contributed by atoms with E-state index >= 15 is 0 Å². The highest BCUT2D eigenvalue weighted by Crippen LogP contribution is 2.27. The number of oxime groups is 1. The average molecular weight is 424 g/mol. The molecule has 0 aliphatic carbocycles. The Morgan fingerprint density at radius 1 is 0.968 bits per heavy atom. The second kappa shape index (κ2) is 9.55. The Morgan fingerprint density at radius 3 is 2.19 bits per heavy atom. The van der Waals surface area contributed by atoms with Gasteiger partial charge in [-0.05, 0) is 69.7 Å². The normalized spacial score (nSPS) is 11.5. The van der Waals surface area contributed by atoms with Gasteiger partial charge in [-0.3, -0.25) is 0 Å². The van der Waals surface area contributed by atoms with E-state index in [-0.39, 0.29) is 5.60 Å². The fourth-order valence-corrected chi connectivity index (χ4v) is 2.89. The van der Waals surface area contributed by atoms with Crippen LogP contribution in [0.3, 0.4) is 0 Å². The van der Waals surface area contributed by atoms with Crippen LogP contribution >= 0.6 is 0 Å². The van der Waals surface area contributed by atoms with Crippen LogP contribution in [0.5, 0.6) is 23.1 Å². The highest BCUT2D eigenvalue weighted by Gasteiger charge is 2.14. The van der Waals surface area contributed by atoms with Gasteiger partial charge in [0.05, 0.1) is 24.6 Å². The predicted molar refractivity (Wildman–Crippen MR) is 120 cm³/mol. The summed E-state index contributed by atoms with van der Waals surface area (Å²) in [6, 6.07) is 15.1. The Bertz CT molecular complexity index is 1020. The molecule has 7 nitrogen and oxygen atoms in total. The molecule has 0 spiro atoms. The molecule has 0 bridgehead atoms. The third-order valence-electron chi connectivity index (χ3n) is 4.32. The first kappa shape index (κ1) is 22.2.